The Morgan fingerprint density at radius 3 is 2.77 bits per heavy atom. The lowest BCUT2D eigenvalue weighted by molar-refractivity contribution is -0.136. The van der Waals surface area contributed by atoms with Gasteiger partial charge < -0.3 is 9.84 Å². The summed E-state index contributed by atoms with van der Waals surface area (Å²) in [4.78, 5) is 10.3. The molecular weight excluding hydrogens is 175 g/mol. The number of ether oxygens (including phenoxy) is 1. The Balaban J connectivity index is 2.89. The molecule has 4 heteroatoms. The van der Waals surface area contributed by atoms with Crippen LogP contribution in [0.4, 0.5) is 4.39 Å². The highest BCUT2D eigenvalue weighted by Gasteiger charge is 2.05. The molecule has 0 saturated heterocycles. The lowest BCUT2D eigenvalue weighted by Crippen LogP contribution is -2.00. The highest BCUT2D eigenvalue weighted by molar-refractivity contribution is 5.70. The molecule has 70 valence electrons. The van der Waals surface area contributed by atoms with E-state index in [1.165, 1.54) is 19.2 Å². The Morgan fingerprint density at radius 1 is 1.62 bits per heavy atom. The molecule has 0 aliphatic heterocycles. The zero-order valence-corrected chi connectivity index (χ0v) is 7.08. The molecule has 0 bridgehead atoms. The van der Waals surface area contributed by atoms with Crippen molar-refractivity contribution in [2.24, 2.45) is 0 Å². The van der Waals surface area contributed by atoms with E-state index in [4.69, 9.17) is 5.11 Å². The summed E-state index contributed by atoms with van der Waals surface area (Å²) in [5, 5.41) is 8.43. The molecule has 0 aromatic heterocycles. The SMILES string of the molecule is COc1ccc(CC(=O)O)cc1F. The fourth-order valence-corrected chi connectivity index (χ4v) is 0.994. The van der Waals surface area contributed by atoms with Crippen LogP contribution in [-0.4, -0.2) is 18.2 Å². The predicted molar refractivity (Wildman–Crippen MR) is 44.3 cm³/mol. The molecule has 1 N–H and O–H groups in total. The maximum absolute atomic E-state index is 13.0. The van der Waals surface area contributed by atoms with E-state index in [0.717, 1.165) is 6.07 Å². The predicted octanol–water partition coefficient (Wildman–Crippen LogP) is 1.46. The Hall–Kier alpha value is -1.58. The first-order chi connectivity index (χ1) is 6.13. The van der Waals surface area contributed by atoms with Crippen LogP contribution in [0.2, 0.25) is 0 Å². The van der Waals surface area contributed by atoms with Crippen molar-refractivity contribution < 1.29 is 19.0 Å². The second-order valence-electron chi connectivity index (χ2n) is 2.54. The fourth-order valence-electron chi connectivity index (χ4n) is 0.994. The van der Waals surface area contributed by atoms with E-state index in [0.29, 0.717) is 5.56 Å². The molecule has 1 aromatic carbocycles. The third-order valence-electron chi connectivity index (χ3n) is 1.57. The second kappa shape index (κ2) is 3.89. The summed E-state index contributed by atoms with van der Waals surface area (Å²) in [6, 6.07) is 4.09. The summed E-state index contributed by atoms with van der Waals surface area (Å²) in [5.74, 6) is -1.40. The summed E-state index contributed by atoms with van der Waals surface area (Å²) in [6.07, 6.45) is -0.180. The normalized spacial score (nSPS) is 9.69. The summed E-state index contributed by atoms with van der Waals surface area (Å²) < 4.78 is 17.7. The van der Waals surface area contributed by atoms with Gasteiger partial charge in [-0.1, -0.05) is 6.07 Å². The van der Waals surface area contributed by atoms with E-state index in [-0.39, 0.29) is 12.2 Å². The van der Waals surface area contributed by atoms with Crippen molar-refractivity contribution in [1.82, 2.24) is 0 Å². The average molecular weight is 184 g/mol. The molecule has 13 heavy (non-hydrogen) atoms. The minimum absolute atomic E-state index is 0.120. The van der Waals surface area contributed by atoms with Crippen molar-refractivity contribution >= 4 is 5.97 Å². The van der Waals surface area contributed by atoms with Crippen LogP contribution in [0.5, 0.6) is 5.75 Å². The van der Waals surface area contributed by atoms with Crippen molar-refractivity contribution in [2.45, 2.75) is 6.42 Å². The summed E-state index contributed by atoms with van der Waals surface area (Å²) in [5.41, 5.74) is 0.422. The van der Waals surface area contributed by atoms with Crippen LogP contribution in [0.25, 0.3) is 0 Å². The highest BCUT2D eigenvalue weighted by Crippen LogP contribution is 2.17. The maximum atomic E-state index is 13.0. The fraction of sp³-hybridized carbons (Fsp3) is 0.222. The first-order valence-electron chi connectivity index (χ1n) is 3.67. The van der Waals surface area contributed by atoms with Crippen molar-refractivity contribution in [1.29, 1.82) is 0 Å². The minimum atomic E-state index is -0.982. The summed E-state index contributed by atoms with van der Waals surface area (Å²) >= 11 is 0. The average Bonchev–Trinajstić information content (AvgIpc) is 2.03. The number of methoxy groups -OCH3 is 1. The van der Waals surface area contributed by atoms with Gasteiger partial charge in [0.25, 0.3) is 0 Å². The lowest BCUT2D eigenvalue weighted by atomic mass is 10.1. The van der Waals surface area contributed by atoms with Gasteiger partial charge in [-0.25, -0.2) is 4.39 Å². The summed E-state index contributed by atoms with van der Waals surface area (Å²) in [7, 11) is 1.36. The number of rotatable bonds is 3. The molecule has 3 nitrogen and oxygen atoms in total. The van der Waals surface area contributed by atoms with Crippen molar-refractivity contribution in [3.05, 3.63) is 29.6 Å². The molecular formula is C9H9FO3. The number of halogens is 1. The highest BCUT2D eigenvalue weighted by atomic mass is 19.1. The standard InChI is InChI=1S/C9H9FO3/c1-13-8-3-2-6(4-7(8)10)5-9(11)12/h2-4H,5H2,1H3,(H,11,12). The van der Waals surface area contributed by atoms with Gasteiger partial charge in [0.15, 0.2) is 11.6 Å². The minimum Gasteiger partial charge on any atom is -0.494 e. The molecule has 0 heterocycles. The van der Waals surface area contributed by atoms with Crippen molar-refractivity contribution in [3.63, 3.8) is 0 Å². The molecule has 0 saturated carbocycles. The van der Waals surface area contributed by atoms with Crippen LogP contribution in [0.1, 0.15) is 5.56 Å². The largest absolute Gasteiger partial charge is 0.494 e. The molecule has 0 amide bonds. The number of hydrogen-bond acceptors (Lipinski definition) is 2. The van der Waals surface area contributed by atoms with E-state index in [9.17, 15) is 9.18 Å². The molecule has 0 unspecified atom stereocenters. The van der Waals surface area contributed by atoms with Gasteiger partial charge >= 0.3 is 5.97 Å². The number of benzene rings is 1. The zero-order chi connectivity index (χ0) is 9.84. The number of carboxylic acids is 1. The van der Waals surface area contributed by atoms with Gasteiger partial charge in [0.1, 0.15) is 0 Å². The van der Waals surface area contributed by atoms with E-state index >= 15 is 0 Å². The monoisotopic (exact) mass is 184 g/mol. The molecule has 0 spiro atoms. The van der Waals surface area contributed by atoms with Gasteiger partial charge in [-0.3, -0.25) is 4.79 Å². The Labute approximate surface area is 74.8 Å². The van der Waals surface area contributed by atoms with E-state index in [1.54, 1.807) is 0 Å². The molecule has 0 radical (unpaired) electrons. The van der Waals surface area contributed by atoms with Crippen LogP contribution in [0.15, 0.2) is 18.2 Å². The quantitative estimate of drug-likeness (QED) is 0.773. The second-order valence-corrected chi connectivity index (χ2v) is 2.54. The lowest BCUT2D eigenvalue weighted by Gasteiger charge is -2.02. The molecule has 1 rings (SSSR count). The smallest absolute Gasteiger partial charge is 0.307 e. The van der Waals surface area contributed by atoms with Gasteiger partial charge in [-0.15, -0.1) is 0 Å². The number of hydrogen-bond donors (Lipinski definition) is 1. The van der Waals surface area contributed by atoms with E-state index in [2.05, 4.69) is 4.74 Å². The third-order valence-corrected chi connectivity index (χ3v) is 1.57. The van der Waals surface area contributed by atoms with Crippen LogP contribution in [-0.2, 0) is 11.2 Å². The van der Waals surface area contributed by atoms with Gasteiger partial charge in [0.2, 0.25) is 0 Å². The van der Waals surface area contributed by atoms with Gasteiger partial charge in [0, 0.05) is 0 Å². The first-order valence-corrected chi connectivity index (χ1v) is 3.67. The zero-order valence-electron chi connectivity index (χ0n) is 7.08. The van der Waals surface area contributed by atoms with Crippen molar-refractivity contribution in [2.75, 3.05) is 7.11 Å². The third kappa shape index (κ3) is 2.43. The molecule has 0 aliphatic rings. The van der Waals surface area contributed by atoms with Gasteiger partial charge in [-0.05, 0) is 17.7 Å². The van der Waals surface area contributed by atoms with Crippen LogP contribution in [0.3, 0.4) is 0 Å². The Morgan fingerprint density at radius 2 is 2.31 bits per heavy atom. The molecule has 0 fully saturated rings. The van der Waals surface area contributed by atoms with Gasteiger partial charge in [-0.2, -0.15) is 0 Å². The van der Waals surface area contributed by atoms with Crippen LogP contribution < -0.4 is 4.74 Å². The topological polar surface area (TPSA) is 46.5 Å². The Kier molecular flexibility index (Phi) is 2.84. The van der Waals surface area contributed by atoms with Crippen molar-refractivity contribution in [3.8, 4) is 5.75 Å². The van der Waals surface area contributed by atoms with E-state index in [1.807, 2.05) is 0 Å². The van der Waals surface area contributed by atoms with E-state index < -0.39 is 11.8 Å². The summed E-state index contributed by atoms with van der Waals surface area (Å²) in [6.45, 7) is 0. The van der Waals surface area contributed by atoms with Gasteiger partial charge in [0.05, 0.1) is 13.5 Å². The molecule has 0 atom stereocenters. The van der Waals surface area contributed by atoms with Crippen LogP contribution in [0, 0.1) is 5.82 Å². The molecule has 0 aliphatic carbocycles. The first kappa shape index (κ1) is 9.51. The Bertz CT molecular complexity index is 323. The molecule has 1 aromatic rings. The maximum Gasteiger partial charge on any atom is 0.307 e. The number of carbonyl (C=O) groups is 1. The number of aliphatic carboxylic acids is 1. The number of carboxylic acid groups (broad SMARTS) is 1. The van der Waals surface area contributed by atoms with Crippen LogP contribution >= 0.6 is 0 Å².